The molecule has 3 N–H and O–H groups in total. The van der Waals surface area contributed by atoms with E-state index in [1.54, 1.807) is 18.3 Å². The topological polar surface area (TPSA) is 55.1 Å². The van der Waals surface area contributed by atoms with Gasteiger partial charge in [-0.15, -0.1) is 11.3 Å². The molecular weight excluding hydrogens is 208 g/mol. The van der Waals surface area contributed by atoms with E-state index in [1.807, 2.05) is 6.07 Å². The van der Waals surface area contributed by atoms with Crippen molar-refractivity contribution in [3.63, 3.8) is 0 Å². The third kappa shape index (κ3) is 3.32. The zero-order valence-electron chi connectivity index (χ0n) is 9.41. The first-order valence-electron chi connectivity index (χ1n) is 5.00. The Morgan fingerprint density at radius 1 is 1.67 bits per heavy atom. The summed E-state index contributed by atoms with van der Waals surface area (Å²) >= 11 is 1.73. The molecule has 0 fully saturated rings. The van der Waals surface area contributed by atoms with Gasteiger partial charge in [0.1, 0.15) is 0 Å². The van der Waals surface area contributed by atoms with Crippen LogP contribution in [0.5, 0.6) is 0 Å². The van der Waals surface area contributed by atoms with Crippen LogP contribution in [0.1, 0.15) is 25.6 Å². The van der Waals surface area contributed by atoms with E-state index in [2.05, 4.69) is 30.6 Å². The minimum atomic E-state index is -0.308. The number of rotatable bonds is 5. The van der Waals surface area contributed by atoms with E-state index in [-0.39, 0.29) is 17.4 Å². The lowest BCUT2D eigenvalue weighted by atomic mass is 9.91. The molecule has 1 aromatic heterocycles. The van der Waals surface area contributed by atoms with E-state index in [1.165, 1.54) is 4.88 Å². The molecule has 1 atom stereocenters. The van der Waals surface area contributed by atoms with Crippen LogP contribution < -0.4 is 11.1 Å². The molecule has 15 heavy (non-hydrogen) atoms. The summed E-state index contributed by atoms with van der Waals surface area (Å²) in [5.74, 6) is -0.308. The van der Waals surface area contributed by atoms with Crippen LogP contribution in [0.25, 0.3) is 0 Å². The molecule has 4 heteroatoms. The highest BCUT2D eigenvalue weighted by Gasteiger charge is 2.22. The van der Waals surface area contributed by atoms with E-state index < -0.39 is 0 Å². The number of hydrogen-bond acceptors (Lipinski definition) is 3. The molecule has 0 aliphatic heterocycles. The predicted molar refractivity (Wildman–Crippen MR) is 64.0 cm³/mol. The molecule has 84 valence electrons. The molecule has 0 radical (unpaired) electrons. The molecule has 1 aromatic rings. The Balaban J connectivity index is 2.54. The summed E-state index contributed by atoms with van der Waals surface area (Å²) in [6.07, 6.45) is 0. The van der Waals surface area contributed by atoms with Crippen LogP contribution in [0.4, 0.5) is 0 Å². The van der Waals surface area contributed by atoms with Gasteiger partial charge in [0.15, 0.2) is 0 Å². The molecule has 0 aromatic carbocycles. The van der Waals surface area contributed by atoms with Gasteiger partial charge in [-0.05, 0) is 18.4 Å². The van der Waals surface area contributed by atoms with Crippen LogP contribution in [0.3, 0.4) is 0 Å². The van der Waals surface area contributed by atoms with E-state index in [9.17, 15) is 4.79 Å². The van der Waals surface area contributed by atoms with E-state index in [0.717, 1.165) is 6.54 Å². The fourth-order valence-electron chi connectivity index (χ4n) is 1.26. The van der Waals surface area contributed by atoms with Crippen molar-refractivity contribution < 1.29 is 4.79 Å². The SMILES string of the molecule is CC(NCC(C)(C)c1cccs1)C(N)=O. The number of carbonyl (C=O) groups excluding carboxylic acids is 1. The molecule has 0 saturated heterocycles. The molecule has 3 nitrogen and oxygen atoms in total. The molecule has 0 saturated carbocycles. The van der Waals surface area contributed by atoms with Crippen LogP contribution in [0.2, 0.25) is 0 Å². The van der Waals surface area contributed by atoms with Gasteiger partial charge in [-0.2, -0.15) is 0 Å². The molecule has 1 amide bonds. The number of thiophene rings is 1. The first-order valence-corrected chi connectivity index (χ1v) is 5.88. The van der Waals surface area contributed by atoms with Gasteiger partial charge in [-0.1, -0.05) is 19.9 Å². The highest BCUT2D eigenvalue weighted by Crippen LogP contribution is 2.26. The van der Waals surface area contributed by atoms with Gasteiger partial charge in [0, 0.05) is 16.8 Å². The summed E-state index contributed by atoms with van der Waals surface area (Å²) in [4.78, 5) is 12.2. The summed E-state index contributed by atoms with van der Waals surface area (Å²) in [5.41, 5.74) is 5.22. The summed E-state index contributed by atoms with van der Waals surface area (Å²) in [7, 11) is 0. The van der Waals surface area contributed by atoms with E-state index >= 15 is 0 Å². The average Bonchev–Trinajstić information content (AvgIpc) is 2.67. The average molecular weight is 226 g/mol. The zero-order valence-corrected chi connectivity index (χ0v) is 10.2. The Morgan fingerprint density at radius 3 is 2.80 bits per heavy atom. The van der Waals surface area contributed by atoms with Crippen LogP contribution in [0, 0.1) is 0 Å². The number of nitrogens with two attached hydrogens (primary N) is 1. The number of amides is 1. The smallest absolute Gasteiger partial charge is 0.234 e. The number of primary amides is 1. The summed E-state index contributed by atoms with van der Waals surface area (Å²) in [5, 5.41) is 5.21. The molecule has 0 aliphatic rings. The zero-order chi connectivity index (χ0) is 11.5. The van der Waals surface area contributed by atoms with Crippen molar-refractivity contribution in [2.75, 3.05) is 6.54 Å². The van der Waals surface area contributed by atoms with Crippen LogP contribution >= 0.6 is 11.3 Å². The molecular formula is C11H18N2OS. The second-order valence-electron chi connectivity index (χ2n) is 4.37. The van der Waals surface area contributed by atoms with Crippen molar-refractivity contribution in [2.24, 2.45) is 5.73 Å². The van der Waals surface area contributed by atoms with Gasteiger partial charge >= 0.3 is 0 Å². The molecule has 1 heterocycles. The molecule has 0 bridgehead atoms. The Labute approximate surface area is 94.7 Å². The predicted octanol–water partition coefficient (Wildman–Crippen LogP) is 1.49. The first kappa shape index (κ1) is 12.2. The molecule has 1 unspecified atom stereocenters. The molecule has 1 rings (SSSR count). The minimum absolute atomic E-state index is 0.0396. The highest BCUT2D eigenvalue weighted by atomic mass is 32.1. The fourth-order valence-corrected chi connectivity index (χ4v) is 2.11. The highest BCUT2D eigenvalue weighted by molar-refractivity contribution is 7.10. The van der Waals surface area contributed by atoms with Crippen molar-refractivity contribution in [1.29, 1.82) is 0 Å². The van der Waals surface area contributed by atoms with Gasteiger partial charge < -0.3 is 11.1 Å². The summed E-state index contributed by atoms with van der Waals surface area (Å²) in [6.45, 7) is 6.84. The van der Waals surface area contributed by atoms with Crippen molar-refractivity contribution in [2.45, 2.75) is 32.2 Å². The summed E-state index contributed by atoms with van der Waals surface area (Å²) in [6, 6.07) is 3.88. The fraction of sp³-hybridized carbons (Fsp3) is 0.545. The maximum absolute atomic E-state index is 10.9. The first-order chi connectivity index (χ1) is 6.93. The lowest BCUT2D eigenvalue weighted by Gasteiger charge is -2.25. The Hall–Kier alpha value is -0.870. The van der Waals surface area contributed by atoms with Crippen molar-refractivity contribution in [1.82, 2.24) is 5.32 Å². The van der Waals surface area contributed by atoms with E-state index in [4.69, 9.17) is 5.73 Å². The van der Waals surface area contributed by atoms with Crippen molar-refractivity contribution in [3.8, 4) is 0 Å². The number of carbonyl (C=O) groups is 1. The molecule has 0 spiro atoms. The third-order valence-corrected chi connectivity index (χ3v) is 3.70. The maximum atomic E-state index is 10.9. The minimum Gasteiger partial charge on any atom is -0.368 e. The van der Waals surface area contributed by atoms with E-state index in [0.29, 0.717) is 0 Å². The largest absolute Gasteiger partial charge is 0.368 e. The summed E-state index contributed by atoms with van der Waals surface area (Å²) < 4.78 is 0. The standard InChI is InChI=1S/C11H18N2OS/c1-8(10(12)14)13-7-11(2,3)9-5-4-6-15-9/h4-6,8,13H,7H2,1-3H3,(H2,12,14). The quantitative estimate of drug-likeness (QED) is 0.799. The van der Waals surface area contributed by atoms with Crippen LogP contribution in [-0.4, -0.2) is 18.5 Å². The number of hydrogen-bond donors (Lipinski definition) is 2. The lowest BCUT2D eigenvalue weighted by Crippen LogP contribution is -2.44. The Bertz CT molecular complexity index is 319. The maximum Gasteiger partial charge on any atom is 0.234 e. The second kappa shape index (κ2) is 4.77. The second-order valence-corrected chi connectivity index (χ2v) is 5.31. The normalized spacial score (nSPS) is 13.8. The van der Waals surface area contributed by atoms with Gasteiger partial charge in [0.05, 0.1) is 6.04 Å². The van der Waals surface area contributed by atoms with Gasteiger partial charge in [-0.3, -0.25) is 4.79 Å². The van der Waals surface area contributed by atoms with Gasteiger partial charge in [0.25, 0.3) is 0 Å². The van der Waals surface area contributed by atoms with Crippen LogP contribution in [-0.2, 0) is 10.2 Å². The monoisotopic (exact) mass is 226 g/mol. The Morgan fingerprint density at radius 2 is 2.33 bits per heavy atom. The number of nitrogens with one attached hydrogen (secondary N) is 1. The Kier molecular flexibility index (Phi) is 3.88. The molecule has 0 aliphatic carbocycles. The lowest BCUT2D eigenvalue weighted by molar-refractivity contribution is -0.119. The van der Waals surface area contributed by atoms with Crippen molar-refractivity contribution >= 4 is 17.2 Å². The van der Waals surface area contributed by atoms with Crippen LogP contribution in [0.15, 0.2) is 17.5 Å². The van der Waals surface area contributed by atoms with Gasteiger partial charge in [-0.25, -0.2) is 0 Å². The third-order valence-electron chi connectivity index (χ3n) is 2.47. The van der Waals surface area contributed by atoms with Crippen molar-refractivity contribution in [3.05, 3.63) is 22.4 Å². The van der Waals surface area contributed by atoms with Gasteiger partial charge in [0.2, 0.25) is 5.91 Å².